The summed E-state index contributed by atoms with van der Waals surface area (Å²) in [6.07, 6.45) is 5.75. The second kappa shape index (κ2) is 8.58. The van der Waals surface area contributed by atoms with Crippen molar-refractivity contribution in [2.24, 2.45) is 5.92 Å². The lowest BCUT2D eigenvalue weighted by molar-refractivity contribution is -0.137. The van der Waals surface area contributed by atoms with Gasteiger partial charge in [0.15, 0.2) is 0 Å². The van der Waals surface area contributed by atoms with Crippen LogP contribution in [0.1, 0.15) is 37.2 Å². The van der Waals surface area contributed by atoms with Gasteiger partial charge in [0.25, 0.3) is 0 Å². The van der Waals surface area contributed by atoms with Gasteiger partial charge in [-0.3, -0.25) is 0 Å². The van der Waals surface area contributed by atoms with Crippen LogP contribution in [0.3, 0.4) is 0 Å². The van der Waals surface area contributed by atoms with E-state index in [0.29, 0.717) is 17.5 Å². The number of nitrogens with zero attached hydrogens (tertiary/aromatic N) is 1. The number of benzene rings is 1. The Morgan fingerprint density at radius 1 is 1.12 bits per heavy atom. The molecule has 1 aromatic carbocycles. The molecule has 1 aromatic rings. The second-order valence-corrected chi connectivity index (χ2v) is 7.17. The van der Waals surface area contributed by atoms with E-state index in [1.165, 1.54) is 12.7 Å². The van der Waals surface area contributed by atoms with Gasteiger partial charge in [-0.25, -0.2) is 4.79 Å². The maximum Gasteiger partial charge on any atom is 0.337 e. The van der Waals surface area contributed by atoms with Crippen LogP contribution in [0, 0.1) is 5.92 Å². The summed E-state index contributed by atoms with van der Waals surface area (Å²) in [5, 5.41) is 0. The molecule has 0 N–H and O–H groups in total. The Balaban J connectivity index is 1.74. The molecule has 2 aliphatic heterocycles. The van der Waals surface area contributed by atoms with Gasteiger partial charge >= 0.3 is 5.97 Å². The Kier molecular flexibility index (Phi) is 6.20. The van der Waals surface area contributed by atoms with Gasteiger partial charge in [-0.15, -0.1) is 0 Å². The Labute approximate surface area is 155 Å². The number of methoxy groups -OCH3 is 3. The van der Waals surface area contributed by atoms with Crippen molar-refractivity contribution in [2.75, 3.05) is 34.4 Å². The van der Waals surface area contributed by atoms with Crippen LogP contribution in [0.4, 0.5) is 0 Å². The summed E-state index contributed by atoms with van der Waals surface area (Å²) in [6, 6.07) is 8.81. The lowest BCUT2D eigenvalue weighted by Crippen LogP contribution is -2.47. The SMILES string of the molecule is CO/C=C(\C(=O)OC)C1CCN2CCC(c3ccccc3OC)CC2C1. The number of para-hydroxylation sites is 1. The number of hydrogen-bond donors (Lipinski definition) is 0. The summed E-state index contributed by atoms with van der Waals surface area (Å²) in [4.78, 5) is 14.7. The molecule has 2 heterocycles. The molecule has 2 aliphatic rings. The van der Waals surface area contributed by atoms with Gasteiger partial charge in [-0.2, -0.15) is 0 Å². The molecular weight excluding hydrogens is 330 g/mol. The van der Waals surface area contributed by atoms with Crippen LogP contribution in [0.15, 0.2) is 36.1 Å². The van der Waals surface area contributed by atoms with Crippen molar-refractivity contribution in [3.63, 3.8) is 0 Å². The maximum atomic E-state index is 12.1. The van der Waals surface area contributed by atoms with E-state index in [4.69, 9.17) is 14.2 Å². The first-order chi connectivity index (χ1) is 12.7. The summed E-state index contributed by atoms with van der Waals surface area (Å²) in [6.45, 7) is 2.12. The number of esters is 1. The zero-order valence-corrected chi connectivity index (χ0v) is 15.9. The normalized spacial score (nSPS) is 26.7. The number of carbonyl (C=O) groups excluding carboxylic acids is 1. The van der Waals surface area contributed by atoms with Gasteiger partial charge < -0.3 is 19.1 Å². The van der Waals surface area contributed by atoms with Crippen molar-refractivity contribution in [3.05, 3.63) is 41.7 Å². The molecule has 2 fully saturated rings. The third-order valence-electron chi connectivity index (χ3n) is 5.84. The van der Waals surface area contributed by atoms with Crippen LogP contribution in [0.25, 0.3) is 0 Å². The summed E-state index contributed by atoms with van der Waals surface area (Å²) < 4.78 is 15.7. The van der Waals surface area contributed by atoms with Gasteiger partial charge in [0.1, 0.15) is 5.75 Å². The zero-order chi connectivity index (χ0) is 18.5. The minimum atomic E-state index is -0.276. The molecule has 0 aromatic heterocycles. The van der Waals surface area contributed by atoms with Crippen LogP contribution >= 0.6 is 0 Å². The lowest BCUT2D eigenvalue weighted by atomic mass is 9.77. The highest BCUT2D eigenvalue weighted by molar-refractivity contribution is 5.88. The third-order valence-corrected chi connectivity index (χ3v) is 5.84. The third kappa shape index (κ3) is 3.88. The lowest BCUT2D eigenvalue weighted by Gasteiger charge is -2.45. The quantitative estimate of drug-likeness (QED) is 0.458. The summed E-state index contributed by atoms with van der Waals surface area (Å²) >= 11 is 0. The summed E-state index contributed by atoms with van der Waals surface area (Å²) in [5.41, 5.74) is 1.96. The standard InChI is InChI=1S/C21H29NO4/c1-24-14-19(21(23)26-3)16-9-11-22-10-8-15(12-17(22)13-16)18-6-4-5-7-20(18)25-2/h4-7,14-17H,8-13H2,1-3H3/b19-14-. The predicted molar refractivity (Wildman–Crippen MR) is 100 cm³/mol. The monoisotopic (exact) mass is 359 g/mol. The van der Waals surface area contributed by atoms with Crippen molar-refractivity contribution < 1.29 is 19.0 Å². The summed E-state index contributed by atoms with van der Waals surface area (Å²) in [7, 11) is 4.75. The van der Waals surface area contributed by atoms with Gasteiger partial charge in [-0.05, 0) is 62.2 Å². The van der Waals surface area contributed by atoms with Gasteiger partial charge in [0.2, 0.25) is 0 Å². The number of fused-ring (bicyclic) bond motifs is 1. The fourth-order valence-corrected chi connectivity index (χ4v) is 4.53. The van der Waals surface area contributed by atoms with E-state index in [1.807, 2.05) is 12.1 Å². The zero-order valence-electron chi connectivity index (χ0n) is 15.9. The van der Waals surface area contributed by atoms with Crippen LogP contribution in [0.5, 0.6) is 5.75 Å². The predicted octanol–water partition coefficient (Wildman–Crippen LogP) is 3.36. The first-order valence-electron chi connectivity index (χ1n) is 9.36. The Morgan fingerprint density at radius 2 is 1.88 bits per heavy atom. The van der Waals surface area contributed by atoms with Gasteiger partial charge in [-0.1, -0.05) is 18.2 Å². The number of rotatable bonds is 5. The number of ether oxygens (including phenoxy) is 3. The number of hydrogen-bond acceptors (Lipinski definition) is 5. The molecule has 142 valence electrons. The molecule has 0 spiro atoms. The highest BCUT2D eigenvalue weighted by atomic mass is 16.5. The minimum absolute atomic E-state index is 0.195. The average Bonchev–Trinajstić information content (AvgIpc) is 2.70. The van der Waals surface area contributed by atoms with Crippen molar-refractivity contribution in [1.82, 2.24) is 4.90 Å². The van der Waals surface area contributed by atoms with Crippen molar-refractivity contribution in [3.8, 4) is 5.75 Å². The van der Waals surface area contributed by atoms with Crippen LogP contribution in [-0.2, 0) is 14.3 Å². The van der Waals surface area contributed by atoms with Crippen molar-refractivity contribution in [1.29, 1.82) is 0 Å². The van der Waals surface area contributed by atoms with Crippen molar-refractivity contribution >= 4 is 5.97 Å². The molecule has 3 rings (SSSR count). The van der Waals surface area contributed by atoms with Crippen LogP contribution in [-0.4, -0.2) is 51.3 Å². The van der Waals surface area contributed by atoms with E-state index in [-0.39, 0.29) is 11.9 Å². The first-order valence-corrected chi connectivity index (χ1v) is 9.36. The Hall–Kier alpha value is -2.01. The molecule has 0 amide bonds. The fourth-order valence-electron chi connectivity index (χ4n) is 4.53. The molecule has 0 bridgehead atoms. The molecule has 0 saturated carbocycles. The van der Waals surface area contributed by atoms with Crippen LogP contribution < -0.4 is 4.74 Å². The number of piperidine rings is 2. The smallest absolute Gasteiger partial charge is 0.337 e. The fraction of sp³-hybridized carbons (Fsp3) is 0.571. The van der Waals surface area contributed by atoms with E-state index >= 15 is 0 Å². The molecule has 0 aliphatic carbocycles. The molecule has 0 radical (unpaired) electrons. The van der Waals surface area contributed by atoms with Gasteiger partial charge in [0, 0.05) is 6.04 Å². The topological polar surface area (TPSA) is 48.0 Å². The highest BCUT2D eigenvalue weighted by Crippen LogP contribution is 2.41. The molecule has 2 saturated heterocycles. The van der Waals surface area contributed by atoms with E-state index in [1.54, 1.807) is 20.5 Å². The van der Waals surface area contributed by atoms with E-state index in [0.717, 1.165) is 44.5 Å². The van der Waals surface area contributed by atoms with E-state index in [2.05, 4.69) is 17.0 Å². The van der Waals surface area contributed by atoms with Crippen molar-refractivity contribution in [2.45, 2.75) is 37.6 Å². The average molecular weight is 359 g/mol. The minimum Gasteiger partial charge on any atom is -0.504 e. The summed E-state index contributed by atoms with van der Waals surface area (Å²) in [5.74, 6) is 1.40. The molecule has 26 heavy (non-hydrogen) atoms. The number of carbonyl (C=O) groups is 1. The van der Waals surface area contributed by atoms with Gasteiger partial charge in [0.05, 0.1) is 33.2 Å². The molecule has 3 unspecified atom stereocenters. The molecule has 3 atom stereocenters. The van der Waals surface area contributed by atoms with E-state index < -0.39 is 0 Å². The Morgan fingerprint density at radius 3 is 2.62 bits per heavy atom. The molecular formula is C21H29NO4. The van der Waals surface area contributed by atoms with E-state index in [9.17, 15) is 4.79 Å². The molecule has 5 nitrogen and oxygen atoms in total. The molecule has 5 heteroatoms. The van der Waals surface area contributed by atoms with Crippen LogP contribution in [0.2, 0.25) is 0 Å². The highest BCUT2D eigenvalue weighted by Gasteiger charge is 2.37. The largest absolute Gasteiger partial charge is 0.504 e. The maximum absolute atomic E-state index is 12.1. The second-order valence-electron chi connectivity index (χ2n) is 7.17. The Bertz CT molecular complexity index is 657. The first kappa shape index (κ1) is 18.8.